The Balaban J connectivity index is 1.86. The summed E-state index contributed by atoms with van der Waals surface area (Å²) in [6, 6.07) is 17.4. The number of anilines is 1. The summed E-state index contributed by atoms with van der Waals surface area (Å²) >= 11 is 5.96. The van der Waals surface area contributed by atoms with E-state index in [1.807, 2.05) is 66.7 Å². The van der Waals surface area contributed by atoms with Gasteiger partial charge in [-0.25, -0.2) is 9.97 Å². The lowest BCUT2D eigenvalue weighted by molar-refractivity contribution is 1.15. The zero-order valence-corrected chi connectivity index (χ0v) is 12.5. The van der Waals surface area contributed by atoms with Crippen LogP contribution in [0.5, 0.6) is 0 Å². The largest absolute Gasteiger partial charge is 0.383 e. The second kappa shape index (κ2) is 6.41. The van der Waals surface area contributed by atoms with E-state index in [0.717, 1.165) is 16.7 Å². The molecule has 0 amide bonds. The molecule has 0 saturated heterocycles. The van der Waals surface area contributed by atoms with E-state index in [2.05, 4.69) is 9.97 Å². The van der Waals surface area contributed by atoms with Crippen molar-refractivity contribution >= 4 is 29.6 Å². The van der Waals surface area contributed by atoms with Gasteiger partial charge in [0.2, 0.25) is 0 Å². The number of nitrogens with zero attached hydrogens (tertiary/aromatic N) is 2. The molecule has 0 saturated carbocycles. The standard InChI is InChI=1S/C18H14ClN3/c19-15-8-4-5-13(11-15)9-10-17-21-12-16(18(20)22-17)14-6-2-1-3-7-14/h1-12H,(H2,20,21,22)/b10-9+. The molecular formula is C18H14ClN3. The van der Waals surface area contributed by atoms with Crippen LogP contribution in [-0.4, -0.2) is 9.97 Å². The van der Waals surface area contributed by atoms with Crippen LogP contribution in [0.15, 0.2) is 60.8 Å². The predicted octanol–water partition coefficient (Wildman–Crippen LogP) is 4.55. The fraction of sp³-hybridized carbons (Fsp3) is 0. The van der Waals surface area contributed by atoms with Crippen LogP contribution in [0.25, 0.3) is 23.3 Å². The van der Waals surface area contributed by atoms with Crippen molar-refractivity contribution in [3.05, 3.63) is 77.2 Å². The van der Waals surface area contributed by atoms with Crippen molar-refractivity contribution in [3.63, 3.8) is 0 Å². The molecule has 0 atom stereocenters. The first-order valence-corrected chi connectivity index (χ1v) is 7.22. The molecule has 3 rings (SSSR count). The Morgan fingerprint density at radius 1 is 0.955 bits per heavy atom. The maximum Gasteiger partial charge on any atom is 0.154 e. The summed E-state index contributed by atoms with van der Waals surface area (Å²) in [7, 11) is 0. The quantitative estimate of drug-likeness (QED) is 0.772. The van der Waals surface area contributed by atoms with Crippen molar-refractivity contribution in [2.24, 2.45) is 0 Å². The molecule has 0 fully saturated rings. The van der Waals surface area contributed by atoms with Gasteiger partial charge in [-0.1, -0.05) is 60.1 Å². The van der Waals surface area contributed by atoms with Crippen LogP contribution in [0.4, 0.5) is 5.82 Å². The third-order valence-electron chi connectivity index (χ3n) is 3.20. The highest BCUT2D eigenvalue weighted by Crippen LogP contribution is 2.23. The van der Waals surface area contributed by atoms with E-state index < -0.39 is 0 Å². The molecular weight excluding hydrogens is 294 g/mol. The zero-order chi connectivity index (χ0) is 15.4. The maximum atomic E-state index is 6.04. The summed E-state index contributed by atoms with van der Waals surface area (Å²) in [5.41, 5.74) is 8.87. The van der Waals surface area contributed by atoms with E-state index in [4.69, 9.17) is 17.3 Å². The number of hydrogen-bond acceptors (Lipinski definition) is 3. The molecule has 0 aliphatic heterocycles. The van der Waals surface area contributed by atoms with Crippen LogP contribution in [0.3, 0.4) is 0 Å². The van der Waals surface area contributed by atoms with Crippen molar-refractivity contribution in [3.8, 4) is 11.1 Å². The lowest BCUT2D eigenvalue weighted by Crippen LogP contribution is -1.98. The van der Waals surface area contributed by atoms with Gasteiger partial charge >= 0.3 is 0 Å². The molecule has 2 aromatic carbocycles. The minimum atomic E-state index is 0.465. The van der Waals surface area contributed by atoms with E-state index in [0.29, 0.717) is 16.7 Å². The van der Waals surface area contributed by atoms with Crippen molar-refractivity contribution in [1.29, 1.82) is 0 Å². The fourth-order valence-electron chi connectivity index (χ4n) is 2.11. The number of aromatic nitrogens is 2. The average Bonchev–Trinajstić information content (AvgIpc) is 2.54. The van der Waals surface area contributed by atoms with Gasteiger partial charge in [-0.3, -0.25) is 0 Å². The molecule has 0 aliphatic rings. The smallest absolute Gasteiger partial charge is 0.154 e. The highest BCUT2D eigenvalue weighted by molar-refractivity contribution is 6.30. The second-order valence-corrected chi connectivity index (χ2v) is 5.22. The van der Waals surface area contributed by atoms with Crippen molar-refractivity contribution in [2.75, 3.05) is 5.73 Å². The summed E-state index contributed by atoms with van der Waals surface area (Å²) < 4.78 is 0. The number of nitrogen functional groups attached to an aromatic ring is 1. The van der Waals surface area contributed by atoms with Gasteiger partial charge in [0.25, 0.3) is 0 Å². The molecule has 0 aliphatic carbocycles. The molecule has 0 spiro atoms. The van der Waals surface area contributed by atoms with Gasteiger partial charge in [-0.15, -0.1) is 0 Å². The van der Waals surface area contributed by atoms with Gasteiger partial charge in [0.05, 0.1) is 0 Å². The lowest BCUT2D eigenvalue weighted by atomic mass is 10.1. The first-order chi connectivity index (χ1) is 10.7. The van der Waals surface area contributed by atoms with Gasteiger partial charge in [-0.2, -0.15) is 0 Å². The van der Waals surface area contributed by atoms with Crippen molar-refractivity contribution < 1.29 is 0 Å². The molecule has 4 heteroatoms. The molecule has 3 aromatic rings. The Morgan fingerprint density at radius 3 is 2.50 bits per heavy atom. The fourth-order valence-corrected chi connectivity index (χ4v) is 2.31. The maximum absolute atomic E-state index is 6.04. The minimum Gasteiger partial charge on any atom is -0.383 e. The highest BCUT2D eigenvalue weighted by Gasteiger charge is 2.04. The Morgan fingerprint density at radius 2 is 1.77 bits per heavy atom. The summed E-state index contributed by atoms with van der Waals surface area (Å²) in [5.74, 6) is 1.03. The molecule has 3 nitrogen and oxygen atoms in total. The van der Waals surface area contributed by atoms with E-state index in [1.54, 1.807) is 6.20 Å². The third-order valence-corrected chi connectivity index (χ3v) is 3.43. The Bertz CT molecular complexity index is 814. The molecule has 1 aromatic heterocycles. The topological polar surface area (TPSA) is 51.8 Å². The van der Waals surface area contributed by atoms with Gasteiger partial charge < -0.3 is 5.73 Å². The Kier molecular flexibility index (Phi) is 4.17. The van der Waals surface area contributed by atoms with Crippen LogP contribution in [-0.2, 0) is 0 Å². The lowest BCUT2D eigenvalue weighted by Gasteiger charge is -2.05. The molecule has 0 unspecified atom stereocenters. The van der Waals surface area contributed by atoms with E-state index in [9.17, 15) is 0 Å². The van der Waals surface area contributed by atoms with Crippen LogP contribution < -0.4 is 5.73 Å². The Hall–Kier alpha value is -2.65. The molecule has 0 radical (unpaired) electrons. The van der Waals surface area contributed by atoms with Gasteiger partial charge in [0.15, 0.2) is 5.82 Å². The Labute approximate surface area is 134 Å². The summed E-state index contributed by atoms with van der Waals surface area (Å²) in [6.45, 7) is 0. The van der Waals surface area contributed by atoms with Crippen molar-refractivity contribution in [1.82, 2.24) is 9.97 Å². The van der Waals surface area contributed by atoms with Crippen molar-refractivity contribution in [2.45, 2.75) is 0 Å². The molecule has 22 heavy (non-hydrogen) atoms. The predicted molar refractivity (Wildman–Crippen MR) is 92.3 cm³/mol. The third kappa shape index (κ3) is 3.32. The monoisotopic (exact) mass is 307 g/mol. The molecule has 0 bridgehead atoms. The number of hydrogen-bond donors (Lipinski definition) is 1. The van der Waals surface area contributed by atoms with Crippen LogP contribution in [0, 0.1) is 0 Å². The van der Waals surface area contributed by atoms with Gasteiger partial charge in [0, 0.05) is 16.8 Å². The number of halogens is 1. The minimum absolute atomic E-state index is 0.465. The van der Waals surface area contributed by atoms with Crippen LogP contribution in [0.1, 0.15) is 11.4 Å². The highest BCUT2D eigenvalue weighted by atomic mass is 35.5. The van der Waals surface area contributed by atoms with E-state index in [-0.39, 0.29) is 0 Å². The zero-order valence-electron chi connectivity index (χ0n) is 11.8. The van der Waals surface area contributed by atoms with Gasteiger partial charge in [0.1, 0.15) is 5.82 Å². The number of nitrogens with two attached hydrogens (primary N) is 1. The van der Waals surface area contributed by atoms with E-state index >= 15 is 0 Å². The summed E-state index contributed by atoms with van der Waals surface area (Å²) in [6.07, 6.45) is 5.47. The van der Waals surface area contributed by atoms with Gasteiger partial charge in [-0.05, 0) is 29.3 Å². The van der Waals surface area contributed by atoms with Crippen LogP contribution >= 0.6 is 11.6 Å². The second-order valence-electron chi connectivity index (χ2n) is 4.78. The average molecular weight is 308 g/mol. The number of rotatable bonds is 3. The molecule has 108 valence electrons. The normalized spacial score (nSPS) is 11.0. The summed E-state index contributed by atoms with van der Waals surface area (Å²) in [5, 5.41) is 0.696. The first kappa shape index (κ1) is 14.3. The molecule has 1 heterocycles. The SMILES string of the molecule is Nc1nc(/C=C/c2cccc(Cl)c2)ncc1-c1ccccc1. The van der Waals surface area contributed by atoms with Crippen LogP contribution in [0.2, 0.25) is 5.02 Å². The van der Waals surface area contributed by atoms with E-state index in [1.165, 1.54) is 0 Å². The first-order valence-electron chi connectivity index (χ1n) is 6.84. The molecule has 2 N–H and O–H groups in total. The summed E-state index contributed by atoms with van der Waals surface area (Å²) in [4.78, 5) is 8.68. The number of benzene rings is 2.